The third-order valence-electron chi connectivity index (χ3n) is 6.08. The number of pyridine rings is 1. The fraction of sp³-hybridized carbons (Fsp3) is 0.160. The van der Waals surface area contributed by atoms with Gasteiger partial charge in [0.25, 0.3) is 0 Å². The molecule has 4 aromatic rings. The Morgan fingerprint density at radius 2 is 1.84 bits per heavy atom. The highest BCUT2D eigenvalue weighted by molar-refractivity contribution is 7.16. The van der Waals surface area contributed by atoms with Crippen molar-refractivity contribution < 1.29 is 26.7 Å². The van der Waals surface area contributed by atoms with Crippen LogP contribution in [0.1, 0.15) is 27.6 Å². The molecule has 0 aliphatic carbocycles. The summed E-state index contributed by atoms with van der Waals surface area (Å²) in [4.78, 5) is 18.2. The average Bonchev–Trinajstić information content (AvgIpc) is 3.46. The molecule has 0 spiro atoms. The van der Waals surface area contributed by atoms with Crippen LogP contribution in [0.4, 0.5) is 22.0 Å². The summed E-state index contributed by atoms with van der Waals surface area (Å²) in [6.07, 6.45) is -1.43. The molecule has 1 amide bonds. The Balaban J connectivity index is 1.71. The van der Waals surface area contributed by atoms with Gasteiger partial charge in [0, 0.05) is 29.1 Å². The number of rotatable bonds is 4. The molecule has 4 heterocycles. The number of thiophene rings is 1. The number of aromatic nitrogens is 3. The van der Waals surface area contributed by atoms with Crippen LogP contribution in [0, 0.1) is 11.6 Å². The van der Waals surface area contributed by atoms with Gasteiger partial charge in [0.15, 0.2) is 17.3 Å². The molecule has 0 saturated carbocycles. The number of carbonyl (C=O) groups excluding carboxylic acids is 1. The predicted molar refractivity (Wildman–Crippen MR) is 128 cm³/mol. The van der Waals surface area contributed by atoms with Crippen molar-refractivity contribution in [1.29, 1.82) is 0 Å². The zero-order valence-corrected chi connectivity index (χ0v) is 20.3. The molecular weight excluding hydrogens is 535 g/mol. The number of halogens is 6. The van der Waals surface area contributed by atoms with Crippen LogP contribution in [0.5, 0.6) is 0 Å². The van der Waals surface area contributed by atoms with E-state index in [4.69, 9.17) is 11.6 Å². The van der Waals surface area contributed by atoms with Gasteiger partial charge in [0.2, 0.25) is 5.91 Å². The molecular formula is C25H16ClF5N4OS. The van der Waals surface area contributed by atoms with Gasteiger partial charge in [-0.3, -0.25) is 9.78 Å². The van der Waals surface area contributed by atoms with Crippen LogP contribution in [0.3, 0.4) is 0 Å². The molecule has 0 fully saturated rings. The molecule has 0 unspecified atom stereocenters. The van der Waals surface area contributed by atoms with Crippen LogP contribution in [-0.4, -0.2) is 32.1 Å². The average molecular weight is 551 g/mol. The van der Waals surface area contributed by atoms with Gasteiger partial charge >= 0.3 is 6.18 Å². The third kappa shape index (κ3) is 4.53. The molecule has 1 atom stereocenters. The molecule has 1 aromatic carbocycles. The van der Waals surface area contributed by atoms with E-state index in [1.54, 1.807) is 29.2 Å². The van der Waals surface area contributed by atoms with Gasteiger partial charge in [-0.2, -0.15) is 18.3 Å². The van der Waals surface area contributed by atoms with E-state index < -0.39 is 35.1 Å². The van der Waals surface area contributed by atoms with Crippen molar-refractivity contribution in [3.63, 3.8) is 0 Å². The molecule has 12 heteroatoms. The lowest BCUT2D eigenvalue weighted by molar-refractivity contribution is -0.140. The lowest BCUT2D eigenvalue weighted by atomic mass is 9.84. The Morgan fingerprint density at radius 3 is 2.51 bits per heavy atom. The van der Waals surface area contributed by atoms with Crippen molar-refractivity contribution >= 4 is 28.8 Å². The van der Waals surface area contributed by atoms with E-state index in [0.29, 0.717) is 33.5 Å². The van der Waals surface area contributed by atoms with Crippen molar-refractivity contribution in [3.05, 3.63) is 99.2 Å². The normalized spacial score (nSPS) is 15.5. The van der Waals surface area contributed by atoms with Crippen molar-refractivity contribution in [1.82, 2.24) is 19.7 Å². The van der Waals surface area contributed by atoms with Crippen LogP contribution in [0.25, 0.3) is 16.8 Å². The second-order valence-corrected chi connectivity index (χ2v) is 10.0. The summed E-state index contributed by atoms with van der Waals surface area (Å²) >= 11 is 7.55. The summed E-state index contributed by atoms with van der Waals surface area (Å²) in [5.41, 5.74) is -1.04. The summed E-state index contributed by atoms with van der Waals surface area (Å²) in [5.74, 6) is -3.18. The van der Waals surface area contributed by atoms with E-state index in [1.165, 1.54) is 23.5 Å². The SMILES string of the molecule is C=CC(=O)N1Cc2sc(Cl)cc2[C@H](c2ccccc2-c2cn(-c3c(F)cncc3F)nc2C(F)(F)F)C1. The summed E-state index contributed by atoms with van der Waals surface area (Å²) in [6, 6.07) is 8.10. The van der Waals surface area contributed by atoms with Crippen molar-refractivity contribution in [2.24, 2.45) is 0 Å². The van der Waals surface area contributed by atoms with Crippen LogP contribution in [-0.2, 0) is 17.5 Å². The fourth-order valence-corrected chi connectivity index (χ4v) is 5.87. The van der Waals surface area contributed by atoms with Gasteiger partial charge in [-0.15, -0.1) is 11.3 Å². The lowest BCUT2D eigenvalue weighted by Gasteiger charge is -2.33. The smallest absolute Gasteiger partial charge is 0.333 e. The summed E-state index contributed by atoms with van der Waals surface area (Å²) < 4.78 is 72.2. The molecule has 1 aliphatic rings. The van der Waals surface area contributed by atoms with E-state index in [-0.39, 0.29) is 23.6 Å². The Morgan fingerprint density at radius 1 is 1.14 bits per heavy atom. The molecule has 5 nitrogen and oxygen atoms in total. The standard InChI is InChI=1S/C25H16ClF5N4OS/c1-2-22(36)34-10-16(15-7-21(26)37-20(15)12-34)13-5-3-4-6-14(13)17-11-35(33-24(17)25(29,30)31)23-18(27)8-32-9-19(23)28/h2-9,11,16H,1,10,12H2/t16-/m0/s1. The second kappa shape index (κ2) is 9.38. The van der Waals surface area contributed by atoms with Gasteiger partial charge in [-0.1, -0.05) is 42.4 Å². The third-order valence-corrected chi connectivity index (χ3v) is 7.34. The number of benzene rings is 1. The highest BCUT2D eigenvalue weighted by Crippen LogP contribution is 2.45. The Labute approximate surface area is 216 Å². The highest BCUT2D eigenvalue weighted by atomic mass is 35.5. The maximum absolute atomic E-state index is 14.4. The van der Waals surface area contributed by atoms with Crippen molar-refractivity contribution in [3.8, 4) is 16.8 Å². The largest absolute Gasteiger partial charge is 0.435 e. The molecule has 190 valence electrons. The zero-order valence-electron chi connectivity index (χ0n) is 18.8. The van der Waals surface area contributed by atoms with Crippen LogP contribution in [0.2, 0.25) is 4.34 Å². The number of amides is 1. The van der Waals surface area contributed by atoms with Crippen molar-refractivity contribution in [2.45, 2.75) is 18.6 Å². The number of hydrogen-bond donors (Lipinski definition) is 0. The number of nitrogens with zero attached hydrogens (tertiary/aromatic N) is 4. The first-order chi connectivity index (χ1) is 17.6. The number of alkyl halides is 3. The first kappa shape index (κ1) is 25.1. The minimum absolute atomic E-state index is 0.155. The maximum atomic E-state index is 14.4. The first-order valence-corrected chi connectivity index (χ1v) is 12.0. The monoisotopic (exact) mass is 550 g/mol. The van der Waals surface area contributed by atoms with Gasteiger partial charge < -0.3 is 4.90 Å². The van der Waals surface area contributed by atoms with E-state index in [1.807, 2.05) is 0 Å². The van der Waals surface area contributed by atoms with E-state index in [0.717, 1.165) is 16.6 Å². The van der Waals surface area contributed by atoms with Gasteiger partial charge in [0.1, 0.15) is 5.69 Å². The number of hydrogen-bond acceptors (Lipinski definition) is 4. The van der Waals surface area contributed by atoms with Gasteiger partial charge in [-0.05, 0) is 28.8 Å². The maximum Gasteiger partial charge on any atom is 0.435 e. The van der Waals surface area contributed by atoms with E-state index in [9.17, 15) is 26.7 Å². The fourth-order valence-electron chi connectivity index (χ4n) is 4.51. The summed E-state index contributed by atoms with van der Waals surface area (Å²) in [7, 11) is 0. The van der Waals surface area contributed by atoms with Gasteiger partial charge in [0.05, 0.1) is 23.3 Å². The topological polar surface area (TPSA) is 51.0 Å². The predicted octanol–water partition coefficient (Wildman–Crippen LogP) is 6.61. The molecule has 0 radical (unpaired) electrons. The van der Waals surface area contributed by atoms with E-state index >= 15 is 0 Å². The molecule has 0 bridgehead atoms. The number of carbonyl (C=O) groups is 1. The lowest BCUT2D eigenvalue weighted by Crippen LogP contribution is -2.37. The Kier molecular flexibility index (Phi) is 6.36. The van der Waals surface area contributed by atoms with Gasteiger partial charge in [-0.25, -0.2) is 13.5 Å². The van der Waals surface area contributed by atoms with Crippen LogP contribution in [0.15, 0.2) is 61.6 Å². The first-order valence-electron chi connectivity index (χ1n) is 10.8. The summed E-state index contributed by atoms with van der Waals surface area (Å²) in [6.45, 7) is 3.99. The molecule has 3 aromatic heterocycles. The quantitative estimate of drug-likeness (QED) is 0.212. The second-order valence-electron chi connectivity index (χ2n) is 8.28. The van der Waals surface area contributed by atoms with E-state index in [2.05, 4.69) is 16.7 Å². The van der Waals surface area contributed by atoms with Crippen molar-refractivity contribution in [2.75, 3.05) is 6.54 Å². The molecule has 1 aliphatic heterocycles. The Hall–Kier alpha value is -3.57. The zero-order chi connectivity index (χ0) is 26.5. The summed E-state index contributed by atoms with van der Waals surface area (Å²) in [5, 5.41) is 3.53. The minimum atomic E-state index is -4.93. The molecule has 0 N–H and O–H groups in total. The highest BCUT2D eigenvalue weighted by Gasteiger charge is 2.40. The number of fused-ring (bicyclic) bond motifs is 1. The molecule has 5 rings (SSSR count). The Bertz CT molecular complexity index is 1510. The molecule has 0 saturated heterocycles. The molecule has 37 heavy (non-hydrogen) atoms. The van der Waals surface area contributed by atoms with Crippen LogP contribution >= 0.6 is 22.9 Å². The van der Waals surface area contributed by atoms with Crippen LogP contribution < -0.4 is 0 Å². The minimum Gasteiger partial charge on any atom is -0.333 e.